The Balaban J connectivity index is 1.49. The molecule has 1 aromatic carbocycles. The number of rotatable bonds is 6. The summed E-state index contributed by atoms with van der Waals surface area (Å²) in [5, 5.41) is 3.50. The molecule has 2 heterocycles. The lowest BCUT2D eigenvalue weighted by Gasteiger charge is -2.11. The normalized spacial score (nSPS) is 17.5. The number of hydrogen-bond acceptors (Lipinski definition) is 4. The highest BCUT2D eigenvalue weighted by Gasteiger charge is 2.15. The fraction of sp³-hybridized carbons (Fsp3) is 0.471. The summed E-state index contributed by atoms with van der Waals surface area (Å²) in [6.45, 7) is 1.86. The molecule has 0 radical (unpaired) electrons. The molecule has 0 bridgehead atoms. The molecule has 1 N–H and O–H groups in total. The number of ether oxygens (including phenoxy) is 1. The van der Waals surface area contributed by atoms with E-state index in [2.05, 4.69) is 10.3 Å². The molecule has 3 rings (SSSR count). The number of carbonyl (C=O) groups is 1. The molecule has 1 fully saturated rings. The van der Waals surface area contributed by atoms with E-state index in [-0.39, 0.29) is 17.6 Å². The van der Waals surface area contributed by atoms with Crippen LogP contribution < -0.4 is 10.9 Å². The minimum absolute atomic E-state index is 0.00213. The van der Waals surface area contributed by atoms with Gasteiger partial charge in [-0.3, -0.25) is 14.2 Å². The molecule has 6 heteroatoms. The predicted molar refractivity (Wildman–Crippen MR) is 87.2 cm³/mol. The number of nitrogens with zero attached hydrogens (tertiary/aromatic N) is 2. The van der Waals surface area contributed by atoms with Crippen molar-refractivity contribution in [3.63, 3.8) is 0 Å². The summed E-state index contributed by atoms with van der Waals surface area (Å²) >= 11 is 0. The SMILES string of the molecule is O=C(CCCn1cnc2ccccc2c1=O)NC[C@@H]1CCCO1. The zero-order valence-electron chi connectivity index (χ0n) is 13.0. The van der Waals surface area contributed by atoms with Crippen LogP contribution in [0, 0.1) is 0 Å². The van der Waals surface area contributed by atoms with E-state index >= 15 is 0 Å². The van der Waals surface area contributed by atoms with Crippen LogP contribution in [-0.2, 0) is 16.1 Å². The van der Waals surface area contributed by atoms with Gasteiger partial charge in [-0.1, -0.05) is 12.1 Å². The average Bonchev–Trinajstić information content (AvgIpc) is 3.09. The Morgan fingerprint density at radius 2 is 2.26 bits per heavy atom. The molecule has 1 aliphatic rings. The number of para-hydroxylation sites is 1. The van der Waals surface area contributed by atoms with E-state index < -0.39 is 0 Å². The Kier molecular flexibility index (Phi) is 5.02. The third-order valence-corrected chi connectivity index (χ3v) is 4.09. The van der Waals surface area contributed by atoms with Gasteiger partial charge in [-0.05, 0) is 31.4 Å². The molecule has 0 spiro atoms. The fourth-order valence-corrected chi connectivity index (χ4v) is 2.80. The number of nitrogens with one attached hydrogen (secondary N) is 1. The van der Waals surface area contributed by atoms with E-state index in [0.717, 1.165) is 19.4 Å². The molecule has 0 unspecified atom stereocenters. The number of carbonyl (C=O) groups excluding carboxylic acids is 1. The second-order valence-electron chi connectivity index (χ2n) is 5.80. The van der Waals surface area contributed by atoms with Crippen LogP contribution >= 0.6 is 0 Å². The van der Waals surface area contributed by atoms with E-state index in [0.29, 0.717) is 36.8 Å². The zero-order chi connectivity index (χ0) is 16.1. The molecule has 0 aliphatic carbocycles. The van der Waals surface area contributed by atoms with Crippen molar-refractivity contribution in [3.05, 3.63) is 40.9 Å². The Labute approximate surface area is 134 Å². The Hall–Kier alpha value is -2.21. The second kappa shape index (κ2) is 7.37. The van der Waals surface area contributed by atoms with Crippen LogP contribution in [0.3, 0.4) is 0 Å². The number of amides is 1. The summed E-state index contributed by atoms with van der Waals surface area (Å²) in [5.41, 5.74) is 0.637. The molecule has 1 amide bonds. The summed E-state index contributed by atoms with van der Waals surface area (Å²) < 4.78 is 7.03. The minimum atomic E-state index is -0.0598. The molecule has 1 aromatic heterocycles. The number of benzene rings is 1. The number of aryl methyl sites for hydroxylation is 1. The van der Waals surface area contributed by atoms with Crippen molar-refractivity contribution in [2.24, 2.45) is 0 Å². The van der Waals surface area contributed by atoms with E-state index in [1.165, 1.54) is 0 Å². The smallest absolute Gasteiger partial charge is 0.261 e. The van der Waals surface area contributed by atoms with Gasteiger partial charge in [0.1, 0.15) is 0 Å². The lowest BCUT2D eigenvalue weighted by atomic mass is 10.2. The molecular weight excluding hydrogens is 294 g/mol. The molecular formula is C17H21N3O3. The van der Waals surface area contributed by atoms with E-state index in [4.69, 9.17) is 4.74 Å². The molecule has 6 nitrogen and oxygen atoms in total. The van der Waals surface area contributed by atoms with Crippen LogP contribution in [0.4, 0.5) is 0 Å². The van der Waals surface area contributed by atoms with Crippen molar-refractivity contribution < 1.29 is 9.53 Å². The first-order valence-corrected chi connectivity index (χ1v) is 8.06. The van der Waals surface area contributed by atoms with Gasteiger partial charge in [0, 0.05) is 26.1 Å². The zero-order valence-corrected chi connectivity index (χ0v) is 13.0. The van der Waals surface area contributed by atoms with Crippen molar-refractivity contribution in [1.82, 2.24) is 14.9 Å². The second-order valence-corrected chi connectivity index (χ2v) is 5.80. The highest BCUT2D eigenvalue weighted by molar-refractivity contribution is 5.77. The average molecular weight is 315 g/mol. The predicted octanol–water partition coefficient (Wildman–Crippen LogP) is 1.47. The van der Waals surface area contributed by atoms with Gasteiger partial charge in [0.15, 0.2) is 0 Å². The first kappa shape index (κ1) is 15.7. The Morgan fingerprint density at radius 3 is 3.09 bits per heavy atom. The van der Waals surface area contributed by atoms with Crippen LogP contribution in [-0.4, -0.2) is 34.7 Å². The Bertz CT molecular complexity index is 735. The first-order chi connectivity index (χ1) is 11.2. The molecule has 1 atom stereocenters. The quantitative estimate of drug-likeness (QED) is 0.876. The Morgan fingerprint density at radius 1 is 1.39 bits per heavy atom. The standard InChI is InChI=1S/C17H21N3O3/c21-16(18-11-13-5-4-10-23-13)8-3-9-20-12-19-15-7-2-1-6-14(15)17(20)22/h1-2,6-7,12-13H,3-5,8-11H2,(H,18,21)/t13-/m0/s1. The van der Waals surface area contributed by atoms with Gasteiger partial charge in [-0.15, -0.1) is 0 Å². The van der Waals surface area contributed by atoms with E-state index in [9.17, 15) is 9.59 Å². The maximum absolute atomic E-state index is 12.3. The maximum Gasteiger partial charge on any atom is 0.261 e. The van der Waals surface area contributed by atoms with E-state index in [1.807, 2.05) is 18.2 Å². The third-order valence-electron chi connectivity index (χ3n) is 4.09. The van der Waals surface area contributed by atoms with Crippen LogP contribution in [0.2, 0.25) is 0 Å². The molecule has 1 saturated heterocycles. The van der Waals surface area contributed by atoms with Gasteiger partial charge in [-0.25, -0.2) is 4.98 Å². The highest BCUT2D eigenvalue weighted by Crippen LogP contribution is 2.10. The fourth-order valence-electron chi connectivity index (χ4n) is 2.80. The van der Waals surface area contributed by atoms with Gasteiger partial charge >= 0.3 is 0 Å². The monoisotopic (exact) mass is 315 g/mol. The van der Waals surface area contributed by atoms with Gasteiger partial charge in [0.2, 0.25) is 5.91 Å². The van der Waals surface area contributed by atoms with Gasteiger partial charge < -0.3 is 10.1 Å². The molecule has 1 aliphatic heterocycles. The van der Waals surface area contributed by atoms with Gasteiger partial charge in [-0.2, -0.15) is 0 Å². The number of hydrogen-bond donors (Lipinski definition) is 1. The molecule has 2 aromatic rings. The van der Waals surface area contributed by atoms with Crippen molar-refractivity contribution in [3.8, 4) is 0 Å². The summed E-state index contributed by atoms with van der Waals surface area (Å²) in [5.74, 6) is 0.00213. The van der Waals surface area contributed by atoms with Crippen molar-refractivity contribution in [1.29, 1.82) is 0 Å². The first-order valence-electron chi connectivity index (χ1n) is 8.06. The molecule has 23 heavy (non-hydrogen) atoms. The van der Waals surface area contributed by atoms with Gasteiger partial charge in [0.25, 0.3) is 5.56 Å². The minimum Gasteiger partial charge on any atom is -0.376 e. The summed E-state index contributed by atoms with van der Waals surface area (Å²) in [6, 6.07) is 7.28. The van der Waals surface area contributed by atoms with Gasteiger partial charge in [0.05, 0.1) is 23.3 Å². The van der Waals surface area contributed by atoms with Crippen LogP contribution in [0.25, 0.3) is 10.9 Å². The van der Waals surface area contributed by atoms with Crippen LogP contribution in [0.15, 0.2) is 35.4 Å². The topological polar surface area (TPSA) is 73.2 Å². The van der Waals surface area contributed by atoms with Crippen LogP contribution in [0.5, 0.6) is 0 Å². The summed E-state index contributed by atoms with van der Waals surface area (Å²) in [4.78, 5) is 28.4. The van der Waals surface area contributed by atoms with Crippen molar-refractivity contribution >= 4 is 16.8 Å². The number of aromatic nitrogens is 2. The largest absolute Gasteiger partial charge is 0.376 e. The summed E-state index contributed by atoms with van der Waals surface area (Å²) in [7, 11) is 0. The van der Waals surface area contributed by atoms with E-state index in [1.54, 1.807) is 17.0 Å². The lowest BCUT2D eigenvalue weighted by Crippen LogP contribution is -2.32. The maximum atomic E-state index is 12.3. The van der Waals surface area contributed by atoms with Crippen molar-refractivity contribution in [2.45, 2.75) is 38.3 Å². The van der Waals surface area contributed by atoms with Crippen molar-refractivity contribution in [2.75, 3.05) is 13.2 Å². The highest BCUT2D eigenvalue weighted by atomic mass is 16.5. The summed E-state index contributed by atoms with van der Waals surface area (Å²) in [6.07, 6.45) is 4.79. The van der Waals surface area contributed by atoms with Crippen LogP contribution in [0.1, 0.15) is 25.7 Å². The molecule has 122 valence electrons. The molecule has 0 saturated carbocycles. The lowest BCUT2D eigenvalue weighted by molar-refractivity contribution is -0.121. The third kappa shape index (κ3) is 3.96. The number of fused-ring (bicyclic) bond motifs is 1.